The van der Waals surface area contributed by atoms with Gasteiger partial charge < -0.3 is 10.4 Å². The van der Waals surface area contributed by atoms with Crippen LogP contribution < -0.4 is 5.32 Å². The zero-order valence-corrected chi connectivity index (χ0v) is 9.97. The minimum atomic E-state index is -2.81. The summed E-state index contributed by atoms with van der Waals surface area (Å²) in [5, 5.41) is 11.9. The first-order valence-corrected chi connectivity index (χ1v) is 5.53. The van der Waals surface area contributed by atoms with Gasteiger partial charge in [0.25, 0.3) is 6.43 Å². The second kappa shape index (κ2) is 5.13. The van der Waals surface area contributed by atoms with Crippen LogP contribution in [0.2, 0.25) is 0 Å². The first kappa shape index (κ1) is 13.1. The first-order valence-electron chi connectivity index (χ1n) is 5.53. The van der Waals surface area contributed by atoms with Crippen molar-refractivity contribution in [3.8, 4) is 0 Å². The summed E-state index contributed by atoms with van der Waals surface area (Å²) in [6.45, 7) is 1.40. The number of halogens is 2. The maximum absolute atomic E-state index is 12.7. The third kappa shape index (κ3) is 2.75. The summed E-state index contributed by atoms with van der Waals surface area (Å²) in [4.78, 5) is 18.2. The van der Waals surface area contributed by atoms with E-state index in [1.807, 2.05) is 0 Å². The van der Waals surface area contributed by atoms with E-state index in [1.165, 1.54) is 6.92 Å². The molecule has 7 heteroatoms. The van der Waals surface area contributed by atoms with E-state index >= 15 is 0 Å². The number of carbonyl (C=O) groups is 1. The van der Waals surface area contributed by atoms with Crippen molar-refractivity contribution in [2.45, 2.75) is 19.4 Å². The number of nitrogens with one attached hydrogen (secondary N) is 1. The number of carboxylic acid groups (broad SMARTS) is 1. The van der Waals surface area contributed by atoms with Crippen molar-refractivity contribution < 1.29 is 18.7 Å². The number of anilines is 1. The molecule has 100 valence electrons. The maximum Gasteiger partial charge on any atom is 0.325 e. The lowest BCUT2D eigenvalue weighted by Crippen LogP contribution is -2.26. The van der Waals surface area contributed by atoms with E-state index in [4.69, 9.17) is 5.11 Å². The predicted octanol–water partition coefficient (Wildman–Crippen LogP) is 2.45. The number of aliphatic carboxylic acids is 1. The molecule has 1 atom stereocenters. The molecule has 0 aliphatic carbocycles. The molecule has 1 aromatic carbocycles. The molecule has 0 aliphatic heterocycles. The Kier molecular flexibility index (Phi) is 3.55. The molecule has 2 N–H and O–H groups in total. The van der Waals surface area contributed by atoms with E-state index in [0.29, 0.717) is 10.9 Å². The van der Waals surface area contributed by atoms with Crippen molar-refractivity contribution in [2.75, 3.05) is 5.32 Å². The first-order chi connectivity index (χ1) is 8.99. The molecule has 0 spiro atoms. The summed E-state index contributed by atoms with van der Waals surface area (Å²) in [7, 11) is 0. The molecule has 0 amide bonds. The average Bonchev–Trinajstić information content (AvgIpc) is 2.38. The van der Waals surface area contributed by atoms with Crippen LogP contribution in [0, 0.1) is 0 Å². The summed E-state index contributed by atoms with van der Waals surface area (Å²) >= 11 is 0. The van der Waals surface area contributed by atoms with Crippen molar-refractivity contribution in [3.63, 3.8) is 0 Å². The Morgan fingerprint density at radius 1 is 1.32 bits per heavy atom. The Bertz CT molecular complexity index is 619. The Morgan fingerprint density at radius 2 is 2.00 bits per heavy atom. The van der Waals surface area contributed by atoms with E-state index in [-0.39, 0.29) is 5.82 Å². The number of hydrogen-bond donors (Lipinski definition) is 2. The van der Waals surface area contributed by atoms with Gasteiger partial charge in [-0.2, -0.15) is 0 Å². The van der Waals surface area contributed by atoms with Gasteiger partial charge in [0.05, 0.1) is 5.52 Å². The quantitative estimate of drug-likeness (QED) is 0.890. The lowest BCUT2D eigenvalue weighted by atomic mass is 10.2. The Morgan fingerprint density at radius 3 is 2.63 bits per heavy atom. The molecule has 1 aromatic heterocycles. The highest BCUT2D eigenvalue weighted by Gasteiger charge is 2.18. The highest BCUT2D eigenvalue weighted by atomic mass is 19.3. The van der Waals surface area contributed by atoms with Crippen LogP contribution in [-0.4, -0.2) is 27.1 Å². The van der Waals surface area contributed by atoms with Crippen LogP contribution in [0.25, 0.3) is 10.9 Å². The number of fused-ring (bicyclic) bond motifs is 1. The zero-order chi connectivity index (χ0) is 14.0. The van der Waals surface area contributed by atoms with E-state index in [1.54, 1.807) is 24.3 Å². The summed E-state index contributed by atoms with van der Waals surface area (Å²) in [6, 6.07) is 5.63. The molecule has 0 unspecified atom stereocenters. The Labute approximate surface area is 107 Å². The Hall–Kier alpha value is -2.31. The summed E-state index contributed by atoms with van der Waals surface area (Å²) in [5.41, 5.74) is 0.341. The fourth-order valence-electron chi connectivity index (χ4n) is 1.57. The minimum Gasteiger partial charge on any atom is -0.480 e. The van der Waals surface area contributed by atoms with Crippen molar-refractivity contribution in [3.05, 3.63) is 30.1 Å². The molecular formula is C12H11F2N3O2. The smallest absolute Gasteiger partial charge is 0.325 e. The maximum atomic E-state index is 12.7. The van der Waals surface area contributed by atoms with E-state index in [2.05, 4.69) is 15.3 Å². The van der Waals surface area contributed by atoms with Crippen molar-refractivity contribution in [2.24, 2.45) is 0 Å². The minimum absolute atomic E-state index is 0.0933. The summed E-state index contributed by atoms with van der Waals surface area (Å²) < 4.78 is 25.4. The molecular weight excluding hydrogens is 256 g/mol. The molecule has 0 saturated heterocycles. The van der Waals surface area contributed by atoms with Gasteiger partial charge in [-0.25, -0.2) is 18.7 Å². The zero-order valence-electron chi connectivity index (χ0n) is 9.97. The van der Waals surface area contributed by atoms with Crippen LogP contribution in [-0.2, 0) is 4.79 Å². The normalized spacial score (nSPS) is 12.6. The van der Waals surface area contributed by atoms with Crippen LogP contribution in [0.15, 0.2) is 24.3 Å². The number of benzene rings is 1. The number of hydrogen-bond acceptors (Lipinski definition) is 4. The highest BCUT2D eigenvalue weighted by molar-refractivity contribution is 5.90. The summed E-state index contributed by atoms with van der Waals surface area (Å²) in [5.74, 6) is -1.63. The standard InChI is InChI=1S/C12H11F2N3O2/c1-6(12(18)19)15-10-7-4-2-3-5-8(7)16-11(17-10)9(13)14/h2-6,9H,1H3,(H,18,19)(H,15,16,17)/t6-/m1/s1. The van der Waals surface area contributed by atoms with Gasteiger partial charge in [0, 0.05) is 5.39 Å². The third-order valence-electron chi connectivity index (χ3n) is 2.54. The van der Waals surface area contributed by atoms with E-state index < -0.39 is 24.3 Å². The predicted molar refractivity (Wildman–Crippen MR) is 65.2 cm³/mol. The van der Waals surface area contributed by atoms with Crippen LogP contribution in [0.5, 0.6) is 0 Å². The van der Waals surface area contributed by atoms with Gasteiger partial charge in [-0.05, 0) is 19.1 Å². The molecule has 19 heavy (non-hydrogen) atoms. The molecule has 5 nitrogen and oxygen atoms in total. The van der Waals surface area contributed by atoms with Crippen LogP contribution in [0.1, 0.15) is 19.2 Å². The average molecular weight is 267 g/mol. The van der Waals surface area contributed by atoms with E-state index in [0.717, 1.165) is 0 Å². The van der Waals surface area contributed by atoms with Crippen LogP contribution >= 0.6 is 0 Å². The fraction of sp³-hybridized carbons (Fsp3) is 0.250. The monoisotopic (exact) mass is 267 g/mol. The van der Waals surface area contributed by atoms with Gasteiger partial charge >= 0.3 is 5.97 Å². The lowest BCUT2D eigenvalue weighted by molar-refractivity contribution is -0.137. The number of alkyl halides is 2. The molecule has 2 rings (SSSR count). The second-order valence-electron chi connectivity index (χ2n) is 3.95. The fourth-order valence-corrected chi connectivity index (χ4v) is 1.57. The molecule has 0 fully saturated rings. The van der Waals surface area contributed by atoms with Crippen molar-refractivity contribution in [1.82, 2.24) is 9.97 Å². The van der Waals surface area contributed by atoms with Gasteiger partial charge in [-0.15, -0.1) is 0 Å². The number of rotatable bonds is 4. The lowest BCUT2D eigenvalue weighted by Gasteiger charge is -2.13. The SMILES string of the molecule is C[C@@H](Nc1nc(C(F)F)nc2ccccc12)C(=O)O. The van der Waals surface area contributed by atoms with Crippen LogP contribution in [0.4, 0.5) is 14.6 Å². The van der Waals surface area contributed by atoms with Gasteiger partial charge in [0.15, 0.2) is 5.82 Å². The second-order valence-corrected chi connectivity index (χ2v) is 3.95. The molecule has 0 aliphatic rings. The molecule has 0 saturated carbocycles. The van der Waals surface area contributed by atoms with Crippen molar-refractivity contribution in [1.29, 1.82) is 0 Å². The highest BCUT2D eigenvalue weighted by Crippen LogP contribution is 2.24. The number of carboxylic acids is 1. The van der Waals surface area contributed by atoms with Gasteiger partial charge in [-0.1, -0.05) is 12.1 Å². The van der Waals surface area contributed by atoms with Gasteiger partial charge in [0.1, 0.15) is 11.9 Å². The third-order valence-corrected chi connectivity index (χ3v) is 2.54. The number of aromatic nitrogens is 2. The number of para-hydroxylation sites is 1. The Balaban J connectivity index is 2.53. The largest absolute Gasteiger partial charge is 0.480 e. The van der Waals surface area contributed by atoms with Crippen LogP contribution in [0.3, 0.4) is 0 Å². The molecule has 1 heterocycles. The van der Waals surface area contributed by atoms with E-state index in [9.17, 15) is 13.6 Å². The molecule has 0 bridgehead atoms. The topological polar surface area (TPSA) is 75.1 Å². The summed E-state index contributed by atoms with van der Waals surface area (Å²) in [6.07, 6.45) is -2.81. The number of nitrogens with zero attached hydrogens (tertiary/aromatic N) is 2. The van der Waals surface area contributed by atoms with Gasteiger partial charge in [0.2, 0.25) is 0 Å². The molecule has 0 radical (unpaired) electrons. The van der Waals surface area contributed by atoms with Gasteiger partial charge in [-0.3, -0.25) is 4.79 Å². The molecule has 2 aromatic rings. The van der Waals surface area contributed by atoms with Crippen molar-refractivity contribution >= 4 is 22.7 Å².